The van der Waals surface area contributed by atoms with E-state index in [2.05, 4.69) is 22.5 Å². The van der Waals surface area contributed by atoms with E-state index in [1.165, 1.54) is 6.42 Å². The van der Waals surface area contributed by atoms with Gasteiger partial charge in [0.05, 0.1) is 13.2 Å². The molecular formula is C20H39IN4O3. The van der Waals surface area contributed by atoms with Crippen LogP contribution in [0, 0.1) is 5.92 Å². The molecule has 2 heterocycles. The van der Waals surface area contributed by atoms with Gasteiger partial charge in [0.15, 0.2) is 5.96 Å². The molecule has 1 amide bonds. The Morgan fingerprint density at radius 3 is 2.96 bits per heavy atom. The zero-order valence-electron chi connectivity index (χ0n) is 17.4. The third kappa shape index (κ3) is 10.8. The molecule has 0 saturated carbocycles. The summed E-state index contributed by atoms with van der Waals surface area (Å²) in [4.78, 5) is 18.6. The number of rotatable bonds is 11. The highest BCUT2D eigenvalue weighted by molar-refractivity contribution is 14.0. The molecule has 2 rings (SSSR count). The number of hydrogen-bond acceptors (Lipinski definition) is 4. The molecule has 0 bridgehead atoms. The lowest BCUT2D eigenvalue weighted by molar-refractivity contribution is -0.130. The zero-order valence-corrected chi connectivity index (χ0v) is 19.7. The zero-order chi connectivity index (χ0) is 19.2. The molecular weight excluding hydrogens is 471 g/mol. The molecule has 0 aromatic heterocycles. The molecule has 2 N–H and O–H groups in total. The van der Waals surface area contributed by atoms with E-state index in [0.29, 0.717) is 18.2 Å². The van der Waals surface area contributed by atoms with Crippen LogP contribution in [-0.2, 0) is 14.3 Å². The van der Waals surface area contributed by atoms with Gasteiger partial charge in [0.2, 0.25) is 5.91 Å². The average molecular weight is 510 g/mol. The molecule has 2 aliphatic rings. The van der Waals surface area contributed by atoms with E-state index in [-0.39, 0.29) is 24.0 Å². The molecule has 1 atom stereocenters. The molecule has 2 fully saturated rings. The number of carbonyl (C=O) groups excluding carboxylic acids is 1. The van der Waals surface area contributed by atoms with Gasteiger partial charge in [-0.2, -0.15) is 0 Å². The minimum atomic E-state index is 0. The van der Waals surface area contributed by atoms with Gasteiger partial charge >= 0.3 is 0 Å². The number of aliphatic imine (C=N–C) groups is 1. The molecule has 7 nitrogen and oxygen atoms in total. The van der Waals surface area contributed by atoms with Crippen LogP contribution in [0.3, 0.4) is 0 Å². The maximum Gasteiger partial charge on any atom is 0.222 e. The Bertz CT molecular complexity index is 445. The fourth-order valence-electron chi connectivity index (χ4n) is 3.41. The molecule has 28 heavy (non-hydrogen) atoms. The van der Waals surface area contributed by atoms with Crippen molar-refractivity contribution < 1.29 is 14.3 Å². The van der Waals surface area contributed by atoms with Crippen molar-refractivity contribution in [1.29, 1.82) is 0 Å². The molecule has 0 aliphatic carbocycles. The van der Waals surface area contributed by atoms with Crippen molar-refractivity contribution in [2.75, 3.05) is 59.2 Å². The van der Waals surface area contributed by atoms with Gasteiger partial charge in [0, 0.05) is 58.3 Å². The highest BCUT2D eigenvalue weighted by Gasteiger charge is 2.16. The van der Waals surface area contributed by atoms with Crippen molar-refractivity contribution in [1.82, 2.24) is 15.5 Å². The number of hydrogen-bond donors (Lipinski definition) is 2. The standard InChI is InChI=1S/C20H38N4O3.HI/c1-2-21-20(23-11-7-14-26-16-18-9-15-27-17-18)22-10-6-13-24-12-5-3-4-8-19(24)25;/h18H,2-17H2,1H3,(H2,21,22,23);1H. The van der Waals surface area contributed by atoms with Gasteiger partial charge in [-0.25, -0.2) is 0 Å². The fraction of sp³-hybridized carbons (Fsp3) is 0.900. The van der Waals surface area contributed by atoms with Gasteiger partial charge in [-0.1, -0.05) is 6.42 Å². The SMILES string of the molecule is CCNC(=NCCCN1CCCCCC1=O)NCCCOCC1CCOC1.I. The van der Waals surface area contributed by atoms with E-state index in [4.69, 9.17) is 9.47 Å². The number of likely N-dealkylation sites (tertiary alicyclic amines) is 1. The number of halogens is 1. The van der Waals surface area contributed by atoms with Crippen molar-refractivity contribution in [3.8, 4) is 0 Å². The number of carbonyl (C=O) groups is 1. The Morgan fingerprint density at radius 2 is 2.18 bits per heavy atom. The predicted octanol–water partition coefficient (Wildman–Crippen LogP) is 2.40. The lowest BCUT2D eigenvalue weighted by Crippen LogP contribution is -2.38. The molecule has 2 saturated heterocycles. The maximum atomic E-state index is 12.0. The van der Waals surface area contributed by atoms with Gasteiger partial charge in [-0.15, -0.1) is 24.0 Å². The van der Waals surface area contributed by atoms with Crippen LogP contribution in [0.25, 0.3) is 0 Å². The van der Waals surface area contributed by atoms with E-state index < -0.39 is 0 Å². The third-order valence-electron chi connectivity index (χ3n) is 5.01. The van der Waals surface area contributed by atoms with Crippen LogP contribution in [0.1, 0.15) is 51.9 Å². The maximum absolute atomic E-state index is 12.0. The summed E-state index contributed by atoms with van der Waals surface area (Å²) >= 11 is 0. The lowest BCUT2D eigenvalue weighted by atomic mass is 10.1. The monoisotopic (exact) mass is 510 g/mol. The molecule has 2 aliphatic heterocycles. The lowest BCUT2D eigenvalue weighted by Gasteiger charge is -2.20. The van der Waals surface area contributed by atoms with Crippen molar-refractivity contribution >= 4 is 35.8 Å². The molecule has 164 valence electrons. The number of nitrogens with one attached hydrogen (secondary N) is 2. The van der Waals surface area contributed by atoms with Crippen LogP contribution in [0.4, 0.5) is 0 Å². The summed E-state index contributed by atoms with van der Waals surface area (Å²) in [6.45, 7) is 9.52. The van der Waals surface area contributed by atoms with Crippen LogP contribution in [-0.4, -0.2) is 75.9 Å². The van der Waals surface area contributed by atoms with Crippen molar-refractivity contribution in [2.24, 2.45) is 10.9 Å². The Hall–Kier alpha value is -0.610. The minimum Gasteiger partial charge on any atom is -0.381 e. The second-order valence-electron chi connectivity index (χ2n) is 7.39. The van der Waals surface area contributed by atoms with Crippen LogP contribution < -0.4 is 10.6 Å². The first-order valence-corrected chi connectivity index (χ1v) is 10.7. The van der Waals surface area contributed by atoms with Crippen molar-refractivity contribution in [3.63, 3.8) is 0 Å². The molecule has 0 radical (unpaired) electrons. The van der Waals surface area contributed by atoms with E-state index in [9.17, 15) is 4.79 Å². The Balaban J connectivity index is 0.00000392. The molecule has 1 unspecified atom stereocenters. The van der Waals surface area contributed by atoms with Gasteiger partial charge in [-0.05, 0) is 39.0 Å². The van der Waals surface area contributed by atoms with Crippen LogP contribution in [0.5, 0.6) is 0 Å². The topological polar surface area (TPSA) is 75.2 Å². The highest BCUT2D eigenvalue weighted by atomic mass is 127. The number of amides is 1. The summed E-state index contributed by atoms with van der Waals surface area (Å²) in [5.41, 5.74) is 0. The largest absolute Gasteiger partial charge is 0.381 e. The first-order chi connectivity index (χ1) is 13.3. The van der Waals surface area contributed by atoms with Crippen LogP contribution in [0.15, 0.2) is 4.99 Å². The van der Waals surface area contributed by atoms with Crippen LogP contribution >= 0.6 is 24.0 Å². The fourth-order valence-corrected chi connectivity index (χ4v) is 3.41. The first-order valence-electron chi connectivity index (χ1n) is 10.7. The molecule has 8 heteroatoms. The summed E-state index contributed by atoms with van der Waals surface area (Å²) in [6, 6.07) is 0. The summed E-state index contributed by atoms with van der Waals surface area (Å²) in [6.07, 6.45) is 7.05. The molecule has 0 spiro atoms. The number of ether oxygens (including phenoxy) is 2. The van der Waals surface area contributed by atoms with Crippen molar-refractivity contribution in [2.45, 2.75) is 51.9 Å². The normalized spacial score (nSPS) is 20.6. The molecule has 0 aromatic rings. The van der Waals surface area contributed by atoms with E-state index in [0.717, 1.165) is 97.2 Å². The molecule has 0 aromatic carbocycles. The Kier molecular flexibility index (Phi) is 14.7. The first kappa shape index (κ1) is 25.4. The van der Waals surface area contributed by atoms with E-state index >= 15 is 0 Å². The second kappa shape index (κ2) is 16.2. The summed E-state index contributed by atoms with van der Waals surface area (Å²) in [5.74, 6) is 1.74. The summed E-state index contributed by atoms with van der Waals surface area (Å²) < 4.78 is 11.1. The second-order valence-corrected chi connectivity index (χ2v) is 7.39. The Labute approximate surface area is 187 Å². The predicted molar refractivity (Wildman–Crippen MR) is 123 cm³/mol. The Morgan fingerprint density at radius 1 is 1.29 bits per heavy atom. The van der Waals surface area contributed by atoms with Crippen LogP contribution in [0.2, 0.25) is 0 Å². The van der Waals surface area contributed by atoms with Gasteiger partial charge in [0.25, 0.3) is 0 Å². The van der Waals surface area contributed by atoms with E-state index in [1.54, 1.807) is 0 Å². The minimum absolute atomic E-state index is 0. The quantitative estimate of drug-likeness (QED) is 0.193. The van der Waals surface area contributed by atoms with E-state index in [1.807, 2.05) is 4.90 Å². The highest BCUT2D eigenvalue weighted by Crippen LogP contribution is 2.12. The summed E-state index contributed by atoms with van der Waals surface area (Å²) in [5, 5.41) is 6.64. The average Bonchev–Trinajstić information content (AvgIpc) is 3.10. The number of nitrogens with zero attached hydrogens (tertiary/aromatic N) is 2. The number of guanidine groups is 1. The van der Waals surface area contributed by atoms with Crippen molar-refractivity contribution in [3.05, 3.63) is 0 Å². The van der Waals surface area contributed by atoms with Gasteiger partial charge in [-0.3, -0.25) is 9.79 Å². The van der Waals surface area contributed by atoms with Gasteiger partial charge < -0.3 is 25.0 Å². The third-order valence-corrected chi connectivity index (χ3v) is 5.01. The summed E-state index contributed by atoms with van der Waals surface area (Å²) in [7, 11) is 0. The van der Waals surface area contributed by atoms with Gasteiger partial charge in [0.1, 0.15) is 0 Å². The smallest absolute Gasteiger partial charge is 0.222 e.